The predicted octanol–water partition coefficient (Wildman–Crippen LogP) is 2.61. The van der Waals surface area contributed by atoms with Crippen LogP contribution in [0.25, 0.3) is 0 Å². The van der Waals surface area contributed by atoms with Crippen molar-refractivity contribution in [3.05, 3.63) is 12.2 Å². The molecule has 0 heterocycles. The summed E-state index contributed by atoms with van der Waals surface area (Å²) in [7, 11) is 0. The number of rotatable bonds is 0. The van der Waals surface area contributed by atoms with E-state index in [0.29, 0.717) is 5.41 Å². The molecule has 1 rings (SSSR count). The summed E-state index contributed by atoms with van der Waals surface area (Å²) in [5.41, 5.74) is 0.486. The van der Waals surface area contributed by atoms with Gasteiger partial charge in [0.1, 0.15) is 0 Å². The topological polar surface area (TPSA) is 0 Å². The number of hydrogen-bond acceptors (Lipinski definition) is 0. The van der Waals surface area contributed by atoms with Crippen molar-refractivity contribution in [3.8, 4) is 0 Å². The molecule has 0 nitrogen and oxygen atoms in total. The first-order valence-corrected chi connectivity index (χ1v) is 3.29. The molecule has 0 fully saturated rings. The van der Waals surface area contributed by atoms with E-state index in [-0.39, 0.29) is 0 Å². The summed E-state index contributed by atoms with van der Waals surface area (Å²) >= 11 is 0. The lowest BCUT2D eigenvalue weighted by molar-refractivity contribution is 0.423. The summed E-state index contributed by atoms with van der Waals surface area (Å²) in [6, 6.07) is 0. The van der Waals surface area contributed by atoms with Gasteiger partial charge in [-0.25, -0.2) is 0 Å². The third kappa shape index (κ3) is 1.12. The Labute approximate surface area is 51.6 Å². The molecule has 1 atom stereocenters. The van der Waals surface area contributed by atoms with E-state index in [1.54, 1.807) is 0 Å². The quantitative estimate of drug-likeness (QED) is 0.420. The largest absolute Gasteiger partial charge is 0.0851 e. The fourth-order valence-electron chi connectivity index (χ4n) is 1.39. The van der Waals surface area contributed by atoms with Crippen molar-refractivity contribution in [2.45, 2.75) is 27.2 Å². The lowest BCUT2D eigenvalue weighted by Gasteiger charge is -2.14. The zero-order chi connectivity index (χ0) is 6.20. The molecule has 1 unspecified atom stereocenters. The van der Waals surface area contributed by atoms with E-state index in [4.69, 9.17) is 0 Å². The molecule has 0 heteroatoms. The van der Waals surface area contributed by atoms with Gasteiger partial charge in [-0.3, -0.25) is 0 Å². The molecule has 0 saturated heterocycles. The van der Waals surface area contributed by atoms with Crippen molar-refractivity contribution >= 4 is 0 Å². The molecule has 0 aliphatic heterocycles. The molecule has 0 bridgehead atoms. The van der Waals surface area contributed by atoms with E-state index >= 15 is 0 Å². The summed E-state index contributed by atoms with van der Waals surface area (Å²) < 4.78 is 0. The van der Waals surface area contributed by atoms with E-state index < -0.39 is 0 Å². The van der Waals surface area contributed by atoms with Gasteiger partial charge in [0.05, 0.1) is 0 Å². The monoisotopic (exact) mass is 110 g/mol. The summed E-state index contributed by atoms with van der Waals surface area (Å²) in [4.78, 5) is 0. The van der Waals surface area contributed by atoms with Crippen LogP contribution in [0.2, 0.25) is 0 Å². The fraction of sp³-hybridized carbons (Fsp3) is 0.750. The molecule has 0 aromatic heterocycles. The molecule has 0 aromatic carbocycles. The summed E-state index contributed by atoms with van der Waals surface area (Å²) in [6.45, 7) is 6.84. The fourth-order valence-corrected chi connectivity index (χ4v) is 1.39. The van der Waals surface area contributed by atoms with Gasteiger partial charge in [0.2, 0.25) is 0 Å². The maximum absolute atomic E-state index is 2.32. The summed E-state index contributed by atoms with van der Waals surface area (Å²) in [5, 5.41) is 0. The highest BCUT2D eigenvalue weighted by Gasteiger charge is 2.21. The van der Waals surface area contributed by atoms with Crippen LogP contribution < -0.4 is 0 Å². The highest BCUT2D eigenvalue weighted by molar-refractivity contribution is 5.05. The van der Waals surface area contributed by atoms with Gasteiger partial charge >= 0.3 is 0 Å². The van der Waals surface area contributed by atoms with E-state index in [9.17, 15) is 0 Å². The molecule has 0 N–H and O–H groups in total. The maximum atomic E-state index is 2.32. The van der Waals surface area contributed by atoms with Crippen LogP contribution in [-0.4, -0.2) is 0 Å². The minimum absolute atomic E-state index is 0.486. The van der Waals surface area contributed by atoms with Gasteiger partial charge in [0.25, 0.3) is 0 Å². The van der Waals surface area contributed by atoms with E-state index in [1.165, 1.54) is 6.42 Å². The number of allylic oxidation sites excluding steroid dienone is 2. The minimum atomic E-state index is 0.486. The molecule has 1 aliphatic carbocycles. The van der Waals surface area contributed by atoms with Gasteiger partial charge < -0.3 is 0 Å². The van der Waals surface area contributed by atoms with Gasteiger partial charge in [-0.2, -0.15) is 0 Å². The smallest absolute Gasteiger partial charge is 0.0169 e. The predicted molar refractivity (Wildman–Crippen MR) is 36.7 cm³/mol. The lowest BCUT2D eigenvalue weighted by Crippen LogP contribution is -2.03. The Balaban J connectivity index is 2.58. The second kappa shape index (κ2) is 1.61. The SMILES string of the molecule is CC1C=CC(C)(C)C1. The third-order valence-electron chi connectivity index (χ3n) is 1.72. The number of hydrogen-bond donors (Lipinski definition) is 0. The van der Waals surface area contributed by atoms with Gasteiger partial charge in [0, 0.05) is 0 Å². The second-order valence-electron chi connectivity index (χ2n) is 3.53. The van der Waals surface area contributed by atoms with Crippen molar-refractivity contribution in [1.29, 1.82) is 0 Å². The molecule has 0 radical (unpaired) electrons. The van der Waals surface area contributed by atoms with Crippen LogP contribution in [0.4, 0.5) is 0 Å². The normalized spacial score (nSPS) is 33.6. The van der Waals surface area contributed by atoms with Crippen LogP contribution in [0.5, 0.6) is 0 Å². The first-order chi connectivity index (χ1) is 3.60. The van der Waals surface area contributed by atoms with Crippen molar-refractivity contribution in [2.24, 2.45) is 11.3 Å². The Hall–Kier alpha value is -0.260. The zero-order valence-corrected chi connectivity index (χ0v) is 5.94. The summed E-state index contributed by atoms with van der Waals surface area (Å²) in [6.07, 6.45) is 5.95. The second-order valence-corrected chi connectivity index (χ2v) is 3.53. The van der Waals surface area contributed by atoms with Crippen molar-refractivity contribution in [2.75, 3.05) is 0 Å². The maximum Gasteiger partial charge on any atom is -0.0169 e. The molecular formula is C8H14. The van der Waals surface area contributed by atoms with Crippen LogP contribution in [0.15, 0.2) is 12.2 Å². The van der Waals surface area contributed by atoms with E-state index in [1.807, 2.05) is 0 Å². The van der Waals surface area contributed by atoms with E-state index in [2.05, 4.69) is 32.9 Å². The van der Waals surface area contributed by atoms with Gasteiger partial charge in [-0.1, -0.05) is 32.9 Å². The highest BCUT2D eigenvalue weighted by Crippen LogP contribution is 2.33. The first-order valence-electron chi connectivity index (χ1n) is 3.29. The molecule has 0 spiro atoms. The Bertz CT molecular complexity index is 109. The van der Waals surface area contributed by atoms with Gasteiger partial charge in [-0.15, -0.1) is 0 Å². The molecule has 8 heavy (non-hydrogen) atoms. The average Bonchev–Trinajstić information content (AvgIpc) is 1.82. The Morgan fingerprint density at radius 3 is 2.25 bits per heavy atom. The van der Waals surface area contributed by atoms with Crippen LogP contribution in [0.1, 0.15) is 27.2 Å². The summed E-state index contributed by atoms with van der Waals surface area (Å²) in [5.74, 6) is 0.810. The van der Waals surface area contributed by atoms with Crippen LogP contribution in [-0.2, 0) is 0 Å². The van der Waals surface area contributed by atoms with Crippen LogP contribution >= 0.6 is 0 Å². The van der Waals surface area contributed by atoms with E-state index in [0.717, 1.165) is 5.92 Å². The first kappa shape index (κ1) is 5.87. The van der Waals surface area contributed by atoms with Gasteiger partial charge in [0.15, 0.2) is 0 Å². The van der Waals surface area contributed by atoms with Gasteiger partial charge in [-0.05, 0) is 17.8 Å². The zero-order valence-electron chi connectivity index (χ0n) is 5.94. The standard InChI is InChI=1S/C8H14/c1-7-4-5-8(2,3)6-7/h4-5,7H,6H2,1-3H3. The third-order valence-corrected chi connectivity index (χ3v) is 1.72. The van der Waals surface area contributed by atoms with Crippen molar-refractivity contribution in [1.82, 2.24) is 0 Å². The molecule has 0 aromatic rings. The average molecular weight is 110 g/mol. The van der Waals surface area contributed by atoms with Crippen LogP contribution in [0.3, 0.4) is 0 Å². The minimum Gasteiger partial charge on any atom is -0.0851 e. The molecule has 0 saturated carbocycles. The van der Waals surface area contributed by atoms with Crippen LogP contribution in [0, 0.1) is 11.3 Å². The molecular weight excluding hydrogens is 96.1 g/mol. The Morgan fingerprint density at radius 2 is 2.12 bits per heavy atom. The Morgan fingerprint density at radius 1 is 1.50 bits per heavy atom. The highest BCUT2D eigenvalue weighted by atomic mass is 14.3. The van der Waals surface area contributed by atoms with Crippen molar-refractivity contribution in [3.63, 3.8) is 0 Å². The Kier molecular flexibility index (Phi) is 1.18. The molecule has 0 amide bonds. The molecule has 1 aliphatic rings. The molecule has 46 valence electrons. The van der Waals surface area contributed by atoms with Crippen molar-refractivity contribution < 1.29 is 0 Å². The lowest BCUT2D eigenvalue weighted by atomic mass is 9.91.